The minimum atomic E-state index is -0.321. The minimum absolute atomic E-state index is 0.00682. The van der Waals surface area contributed by atoms with Crippen LogP contribution >= 0.6 is 0 Å². The van der Waals surface area contributed by atoms with Crippen LogP contribution in [0.1, 0.15) is 150 Å². The third-order valence-corrected chi connectivity index (χ3v) is 30.5. The summed E-state index contributed by atoms with van der Waals surface area (Å²) >= 11 is 0. The molecule has 0 spiro atoms. The van der Waals surface area contributed by atoms with Gasteiger partial charge in [-0.2, -0.15) is 0 Å². The van der Waals surface area contributed by atoms with E-state index in [0.29, 0.717) is 23.3 Å². The van der Waals surface area contributed by atoms with Crippen molar-refractivity contribution in [3.8, 4) is 17.2 Å². The molecule has 9 aromatic carbocycles. The summed E-state index contributed by atoms with van der Waals surface area (Å²) in [6, 6.07) is 76.8. The zero-order valence-corrected chi connectivity index (χ0v) is 65.6. The summed E-state index contributed by atoms with van der Waals surface area (Å²) in [5.74, 6) is 6.49. The maximum Gasteiger partial charge on any atom is 0.344 e. The fourth-order valence-corrected chi connectivity index (χ4v) is 26.2. The van der Waals surface area contributed by atoms with Gasteiger partial charge in [-0.15, -0.1) is 0 Å². The highest BCUT2D eigenvalue weighted by Crippen LogP contribution is 2.60. The van der Waals surface area contributed by atoms with E-state index >= 15 is 0 Å². The highest BCUT2D eigenvalue weighted by molar-refractivity contribution is 7.97. The molecule has 9 fully saturated rings. The summed E-state index contributed by atoms with van der Waals surface area (Å²) in [5.41, 5.74) is 5.45. The smallest absolute Gasteiger partial charge is 0.344 e. The molecule has 0 saturated heterocycles. The molecule has 106 heavy (non-hydrogen) atoms. The first-order chi connectivity index (χ1) is 51.4. The lowest BCUT2D eigenvalue weighted by Gasteiger charge is -2.59. The van der Waals surface area contributed by atoms with Gasteiger partial charge in [-0.1, -0.05) is 129 Å². The SMILES string of the molecule is CCC1(OCC(=O)Oc2c(C)cc([S+](c3ccccc3)c3ccccc3)cc2C)CCCC1.Cc1cc([S+](c2ccccc2)c2ccccc2)cc(C)c1OC(=O)COC1(C)C2CC3CC(C2)CC1C3.Cc1cc([S+](c2ccccc2)c2ccccc2)cc(C)c1OCC(=O)OC12CC3CC(CC(C3)C1)C2. The fourth-order valence-electron chi connectivity index (χ4n) is 19.4. The number of carbonyl (C=O) groups excluding carboxylic acids is 3. The van der Waals surface area contributed by atoms with Crippen LogP contribution in [-0.2, 0) is 61.3 Å². The van der Waals surface area contributed by atoms with Crippen LogP contribution in [0.25, 0.3) is 0 Å². The van der Waals surface area contributed by atoms with Gasteiger partial charge in [-0.25, -0.2) is 14.4 Å². The van der Waals surface area contributed by atoms with Crippen molar-refractivity contribution in [2.75, 3.05) is 19.8 Å². The van der Waals surface area contributed by atoms with Gasteiger partial charge >= 0.3 is 17.9 Å². The normalized spacial score (nSPS) is 23.4. The number of benzene rings is 9. The van der Waals surface area contributed by atoms with E-state index in [2.05, 4.69) is 234 Å². The first-order valence-electron chi connectivity index (χ1n) is 38.8. The van der Waals surface area contributed by atoms with Crippen LogP contribution in [0.15, 0.2) is 262 Å². The highest BCUT2D eigenvalue weighted by Gasteiger charge is 2.56. The third-order valence-electron chi connectivity index (χ3n) is 23.9. The van der Waals surface area contributed by atoms with Crippen molar-refractivity contribution in [2.45, 2.75) is 219 Å². The average Bonchev–Trinajstić information content (AvgIpc) is 0.827. The molecule has 0 amide bonds. The van der Waals surface area contributed by atoms with Gasteiger partial charge in [0.25, 0.3) is 0 Å². The van der Waals surface area contributed by atoms with Gasteiger partial charge in [0, 0.05) is 36.4 Å². The lowest BCUT2D eigenvalue weighted by Crippen LogP contribution is -2.57. The Morgan fingerprint density at radius 3 is 0.962 bits per heavy atom. The number of hydrogen-bond donors (Lipinski definition) is 0. The van der Waals surface area contributed by atoms with Gasteiger partial charge in [0.05, 0.1) is 43.9 Å². The van der Waals surface area contributed by atoms with Crippen molar-refractivity contribution in [3.63, 3.8) is 0 Å². The first-order valence-corrected chi connectivity index (χ1v) is 42.5. The van der Waals surface area contributed by atoms with Gasteiger partial charge in [0.15, 0.2) is 50.7 Å². The molecule has 0 unspecified atom stereocenters. The Balaban J connectivity index is 0.000000134. The van der Waals surface area contributed by atoms with Crippen molar-refractivity contribution in [1.82, 2.24) is 0 Å². The van der Waals surface area contributed by atoms with Crippen molar-refractivity contribution in [3.05, 3.63) is 252 Å². The Kier molecular flexibility index (Phi) is 23.6. The number of hydrogen-bond acceptors (Lipinski definition) is 9. The molecular formula is C94H105O9S3+3. The Morgan fingerprint density at radius 2 is 0.651 bits per heavy atom. The molecule has 0 aliphatic heterocycles. The quantitative estimate of drug-likeness (QED) is 0.0372. The van der Waals surface area contributed by atoms with Crippen molar-refractivity contribution >= 4 is 50.6 Å². The number of ether oxygens (including phenoxy) is 6. The molecule has 0 heterocycles. The van der Waals surface area contributed by atoms with Crippen molar-refractivity contribution in [1.29, 1.82) is 0 Å². The molecule has 0 N–H and O–H groups in total. The molecule has 9 aliphatic carbocycles. The topological polar surface area (TPSA) is 107 Å². The Hall–Kier alpha value is -7.84. The van der Waals surface area contributed by atoms with Gasteiger partial charge in [-0.05, 0) is 286 Å². The monoisotopic (exact) mass is 1470 g/mol. The van der Waals surface area contributed by atoms with E-state index < -0.39 is 0 Å². The molecule has 0 aromatic heterocycles. The Labute approximate surface area is 638 Å². The first kappa shape index (κ1) is 75.0. The summed E-state index contributed by atoms with van der Waals surface area (Å²) in [4.78, 5) is 49.9. The number of esters is 3. The second-order valence-corrected chi connectivity index (χ2v) is 37.7. The van der Waals surface area contributed by atoms with E-state index in [-0.39, 0.29) is 87.2 Å². The number of rotatable bonds is 22. The van der Waals surface area contributed by atoms with Crippen molar-refractivity contribution in [2.24, 2.45) is 41.4 Å². The second-order valence-electron chi connectivity index (χ2n) is 31.6. The third kappa shape index (κ3) is 17.2. The highest BCUT2D eigenvalue weighted by atomic mass is 32.2. The molecule has 8 bridgehead atoms. The van der Waals surface area contributed by atoms with Gasteiger partial charge < -0.3 is 28.4 Å². The molecule has 18 rings (SSSR count). The summed E-state index contributed by atoms with van der Waals surface area (Å²) in [5, 5.41) is 0. The number of carbonyl (C=O) groups is 3. The zero-order valence-electron chi connectivity index (χ0n) is 63.2. The summed E-state index contributed by atoms with van der Waals surface area (Å²) in [6.07, 6.45) is 19.0. The molecule has 0 atom stereocenters. The van der Waals surface area contributed by atoms with Gasteiger partial charge in [0.2, 0.25) is 0 Å². The number of aryl methyl sites for hydroxylation is 6. The lowest BCUT2D eigenvalue weighted by molar-refractivity contribution is -0.199. The molecular weight excluding hydrogens is 1370 g/mol. The molecule has 9 aromatic rings. The fraction of sp³-hybridized carbons (Fsp3) is 0.394. The largest absolute Gasteiger partial charge is 0.481 e. The Morgan fingerprint density at radius 1 is 0.358 bits per heavy atom. The average molecular weight is 1480 g/mol. The van der Waals surface area contributed by atoms with Gasteiger partial charge in [-0.3, -0.25) is 0 Å². The van der Waals surface area contributed by atoms with E-state index in [4.69, 9.17) is 28.4 Å². The predicted octanol–water partition coefficient (Wildman–Crippen LogP) is 21.9. The summed E-state index contributed by atoms with van der Waals surface area (Å²) < 4.78 is 36.5. The maximum atomic E-state index is 13.0. The second kappa shape index (κ2) is 33.3. The van der Waals surface area contributed by atoms with E-state index in [0.717, 1.165) is 107 Å². The lowest BCUT2D eigenvalue weighted by atomic mass is 9.50. The van der Waals surface area contributed by atoms with Crippen LogP contribution in [0.3, 0.4) is 0 Å². The molecule has 0 radical (unpaired) electrons. The molecule has 9 nitrogen and oxygen atoms in total. The van der Waals surface area contributed by atoms with Gasteiger partial charge in [0.1, 0.15) is 36.1 Å². The minimum Gasteiger partial charge on any atom is -0.481 e. The van der Waals surface area contributed by atoms with E-state index in [1.165, 1.54) is 108 Å². The standard InChI is InChI=1S/C33H37O3S.C32H35O3S.C29H33O3S/c1-22-14-30(37(28-10-6-4-7-11-28)29-12-8-5-9-13-29)15-23(2)32(22)36-31(34)21-35-33(3)26-17-24-16-25(19-26)20-27(33)18-24;1-22-13-29(36(27-9-5-3-6-10-27)28-11-7-4-8-12-28)14-23(2)31(22)34-21-30(33)35-32-18-24-15-25(19-32)17-26(16-24)20-32;1-4-29(17-11-12-18-29)31-21-27(30)32-28-22(2)19-26(20-23(28)3)33(24-13-7-5-8-14-24)25-15-9-6-10-16-25/h4-15,24-27H,16-21H2,1-3H3;3-14,24-26H,15-21H2,1-2H3;5-10,13-16,19-20H,4,11-12,17-18,21H2,1-3H3/q3*+1. The summed E-state index contributed by atoms with van der Waals surface area (Å²) in [7, 11) is -0.681. The van der Waals surface area contributed by atoms with Crippen LogP contribution < -0.4 is 14.2 Å². The molecule has 9 aliphatic rings. The maximum absolute atomic E-state index is 13.0. The predicted molar refractivity (Wildman–Crippen MR) is 425 cm³/mol. The Bertz CT molecular complexity index is 4240. The van der Waals surface area contributed by atoms with Crippen LogP contribution in [0.5, 0.6) is 17.2 Å². The van der Waals surface area contributed by atoms with Crippen molar-refractivity contribution < 1.29 is 42.8 Å². The molecule has 9 saturated carbocycles. The van der Waals surface area contributed by atoms with E-state index in [9.17, 15) is 14.4 Å². The van der Waals surface area contributed by atoms with Crippen LogP contribution in [-0.4, -0.2) is 54.5 Å². The molecule has 550 valence electrons. The van der Waals surface area contributed by atoms with E-state index in [1.54, 1.807) is 0 Å². The van der Waals surface area contributed by atoms with Crippen LogP contribution in [0.4, 0.5) is 0 Å². The van der Waals surface area contributed by atoms with Crippen LogP contribution in [0, 0.1) is 83.0 Å². The summed E-state index contributed by atoms with van der Waals surface area (Å²) in [6.45, 7) is 16.7. The molecule has 12 heteroatoms. The van der Waals surface area contributed by atoms with Crippen LogP contribution in [0.2, 0.25) is 0 Å². The zero-order chi connectivity index (χ0) is 73.5. The van der Waals surface area contributed by atoms with E-state index in [1.807, 2.05) is 39.8 Å².